The highest BCUT2D eigenvalue weighted by molar-refractivity contribution is 5.92. The van der Waals surface area contributed by atoms with E-state index < -0.39 is 0 Å². The number of hydrogen-bond donors (Lipinski definition) is 1. The summed E-state index contributed by atoms with van der Waals surface area (Å²) < 4.78 is 16.4. The molecule has 0 unspecified atom stereocenters. The molecule has 1 amide bonds. The van der Waals surface area contributed by atoms with Gasteiger partial charge in [-0.05, 0) is 26.7 Å². The first-order valence-electron chi connectivity index (χ1n) is 8.19. The predicted molar refractivity (Wildman–Crippen MR) is 86.4 cm³/mol. The summed E-state index contributed by atoms with van der Waals surface area (Å²) in [5, 5.41) is 6.83. The Morgan fingerprint density at radius 3 is 3.09 bits per heavy atom. The highest BCUT2D eigenvalue weighted by Crippen LogP contribution is 2.13. The van der Waals surface area contributed by atoms with Gasteiger partial charge < -0.3 is 19.3 Å². The number of carbonyl (C=O) groups excluding carboxylic acids is 1. The Hall–Kier alpha value is -1.66. The number of ether oxygens (including phenoxy) is 2. The predicted octanol–water partition coefficient (Wildman–Crippen LogP) is 2.50. The maximum Gasteiger partial charge on any atom is 0.273 e. The molecular formula is C17H26N2O4. The maximum atomic E-state index is 12.3. The van der Waals surface area contributed by atoms with Crippen molar-refractivity contribution in [3.8, 4) is 0 Å². The van der Waals surface area contributed by atoms with E-state index in [1.54, 1.807) is 6.07 Å². The molecule has 1 aromatic heterocycles. The SMILES string of the molecule is CCCc1cc(C(=O)N[C@@H]2CCOC[C@H]2OCC=C(C)C)no1. The van der Waals surface area contributed by atoms with Crippen molar-refractivity contribution in [3.63, 3.8) is 0 Å². The summed E-state index contributed by atoms with van der Waals surface area (Å²) in [4.78, 5) is 12.3. The zero-order valence-electron chi connectivity index (χ0n) is 14.1. The minimum atomic E-state index is -0.223. The van der Waals surface area contributed by atoms with Crippen LogP contribution in [0.1, 0.15) is 49.9 Å². The molecule has 1 saturated heterocycles. The van der Waals surface area contributed by atoms with E-state index in [1.807, 2.05) is 19.9 Å². The molecule has 1 aliphatic heterocycles. The van der Waals surface area contributed by atoms with Gasteiger partial charge >= 0.3 is 0 Å². The Balaban J connectivity index is 1.91. The smallest absolute Gasteiger partial charge is 0.273 e. The van der Waals surface area contributed by atoms with Crippen molar-refractivity contribution >= 4 is 5.91 Å². The Morgan fingerprint density at radius 1 is 1.52 bits per heavy atom. The number of carbonyl (C=O) groups is 1. The summed E-state index contributed by atoms with van der Waals surface area (Å²) in [6.07, 6.45) is 4.33. The lowest BCUT2D eigenvalue weighted by Gasteiger charge is -2.31. The van der Waals surface area contributed by atoms with Crippen molar-refractivity contribution in [2.24, 2.45) is 0 Å². The monoisotopic (exact) mass is 322 g/mol. The average molecular weight is 322 g/mol. The van der Waals surface area contributed by atoms with Gasteiger partial charge in [0.25, 0.3) is 5.91 Å². The molecule has 23 heavy (non-hydrogen) atoms. The first kappa shape index (κ1) is 17.7. The summed E-state index contributed by atoms with van der Waals surface area (Å²) in [7, 11) is 0. The topological polar surface area (TPSA) is 73.6 Å². The first-order valence-corrected chi connectivity index (χ1v) is 8.19. The molecule has 0 aromatic carbocycles. The van der Waals surface area contributed by atoms with E-state index >= 15 is 0 Å². The minimum absolute atomic E-state index is 0.0758. The number of allylic oxidation sites excluding steroid dienone is 1. The molecule has 1 aliphatic rings. The number of aromatic nitrogens is 1. The standard InChI is InChI=1S/C17H26N2O4/c1-4-5-13-10-15(19-23-13)17(20)18-14-7-8-21-11-16(14)22-9-6-12(2)3/h6,10,14,16H,4-5,7-9,11H2,1-3H3,(H,18,20)/t14-,16-/m1/s1. The van der Waals surface area contributed by atoms with Crippen LogP contribution in [0.25, 0.3) is 0 Å². The molecule has 6 heteroatoms. The molecule has 2 heterocycles. The summed E-state index contributed by atoms with van der Waals surface area (Å²) in [5.74, 6) is 0.514. The van der Waals surface area contributed by atoms with Gasteiger partial charge in [0, 0.05) is 19.1 Å². The maximum absolute atomic E-state index is 12.3. The van der Waals surface area contributed by atoms with Gasteiger partial charge in [0.05, 0.1) is 19.3 Å². The van der Waals surface area contributed by atoms with Gasteiger partial charge in [0.15, 0.2) is 5.69 Å². The number of hydrogen-bond acceptors (Lipinski definition) is 5. The molecule has 6 nitrogen and oxygen atoms in total. The minimum Gasteiger partial charge on any atom is -0.379 e. The van der Waals surface area contributed by atoms with Crippen LogP contribution in [0.3, 0.4) is 0 Å². The van der Waals surface area contributed by atoms with Crippen LogP contribution < -0.4 is 5.32 Å². The van der Waals surface area contributed by atoms with Crippen molar-refractivity contribution in [3.05, 3.63) is 29.2 Å². The lowest BCUT2D eigenvalue weighted by atomic mass is 10.1. The second-order valence-corrected chi connectivity index (χ2v) is 6.03. The van der Waals surface area contributed by atoms with Crippen molar-refractivity contribution in [1.82, 2.24) is 10.5 Å². The molecule has 0 radical (unpaired) electrons. The Kier molecular flexibility index (Phi) is 6.80. The fourth-order valence-electron chi connectivity index (χ4n) is 2.41. The van der Waals surface area contributed by atoms with E-state index in [1.165, 1.54) is 5.57 Å². The van der Waals surface area contributed by atoms with E-state index in [4.69, 9.17) is 14.0 Å². The molecule has 0 bridgehead atoms. The van der Waals surface area contributed by atoms with Crippen LogP contribution in [0.4, 0.5) is 0 Å². The zero-order valence-corrected chi connectivity index (χ0v) is 14.1. The van der Waals surface area contributed by atoms with E-state index in [2.05, 4.69) is 17.4 Å². The number of nitrogens with zero attached hydrogens (tertiary/aromatic N) is 1. The van der Waals surface area contributed by atoms with E-state index in [0.29, 0.717) is 25.5 Å². The van der Waals surface area contributed by atoms with Crippen molar-refractivity contribution < 1.29 is 18.8 Å². The van der Waals surface area contributed by atoms with Gasteiger partial charge in [-0.2, -0.15) is 0 Å². The third-order valence-corrected chi connectivity index (χ3v) is 3.71. The van der Waals surface area contributed by atoms with Crippen molar-refractivity contribution in [1.29, 1.82) is 0 Å². The van der Waals surface area contributed by atoms with Gasteiger partial charge in [0.1, 0.15) is 11.9 Å². The second kappa shape index (κ2) is 8.84. The average Bonchev–Trinajstić information content (AvgIpc) is 2.98. The van der Waals surface area contributed by atoms with Gasteiger partial charge in [-0.3, -0.25) is 4.79 Å². The molecule has 0 saturated carbocycles. The molecule has 2 atom stereocenters. The number of aryl methyl sites for hydroxylation is 1. The molecule has 128 valence electrons. The van der Waals surface area contributed by atoms with Crippen LogP contribution in [-0.4, -0.2) is 43.0 Å². The van der Waals surface area contributed by atoms with Crippen LogP contribution >= 0.6 is 0 Å². The quantitative estimate of drug-likeness (QED) is 0.781. The summed E-state index contributed by atoms with van der Waals surface area (Å²) in [5.41, 5.74) is 1.52. The highest BCUT2D eigenvalue weighted by atomic mass is 16.5. The fraction of sp³-hybridized carbons (Fsp3) is 0.647. The van der Waals surface area contributed by atoms with E-state index in [-0.39, 0.29) is 18.1 Å². The lowest BCUT2D eigenvalue weighted by Crippen LogP contribution is -2.50. The fourth-order valence-corrected chi connectivity index (χ4v) is 2.41. The van der Waals surface area contributed by atoms with Crippen LogP contribution in [0.5, 0.6) is 0 Å². The largest absolute Gasteiger partial charge is 0.379 e. The number of rotatable bonds is 7. The Morgan fingerprint density at radius 2 is 2.35 bits per heavy atom. The summed E-state index contributed by atoms with van der Waals surface area (Å²) in [6, 6.07) is 1.63. The molecular weight excluding hydrogens is 296 g/mol. The Bertz CT molecular complexity index is 534. The Labute approximate surface area is 137 Å². The third-order valence-electron chi connectivity index (χ3n) is 3.71. The van der Waals surface area contributed by atoms with Crippen molar-refractivity contribution in [2.45, 2.75) is 52.2 Å². The first-order chi connectivity index (χ1) is 11.1. The second-order valence-electron chi connectivity index (χ2n) is 6.03. The lowest BCUT2D eigenvalue weighted by molar-refractivity contribution is -0.0589. The van der Waals surface area contributed by atoms with E-state index in [9.17, 15) is 4.79 Å². The van der Waals surface area contributed by atoms with E-state index in [0.717, 1.165) is 25.0 Å². The molecule has 2 rings (SSSR count). The molecule has 0 spiro atoms. The van der Waals surface area contributed by atoms with Crippen LogP contribution in [0, 0.1) is 0 Å². The molecule has 0 aliphatic carbocycles. The van der Waals surface area contributed by atoms with Crippen LogP contribution in [0.15, 0.2) is 22.2 Å². The third kappa shape index (κ3) is 5.48. The molecule has 1 aromatic rings. The van der Waals surface area contributed by atoms with Gasteiger partial charge in [-0.1, -0.05) is 23.7 Å². The highest BCUT2D eigenvalue weighted by Gasteiger charge is 2.28. The normalized spacial score (nSPS) is 21.0. The summed E-state index contributed by atoms with van der Waals surface area (Å²) in [6.45, 7) is 7.73. The van der Waals surface area contributed by atoms with Crippen LogP contribution in [0.2, 0.25) is 0 Å². The van der Waals surface area contributed by atoms with Gasteiger partial charge in [0.2, 0.25) is 0 Å². The van der Waals surface area contributed by atoms with Crippen LogP contribution in [-0.2, 0) is 15.9 Å². The van der Waals surface area contributed by atoms with Crippen molar-refractivity contribution in [2.75, 3.05) is 19.8 Å². The van der Waals surface area contributed by atoms with Gasteiger partial charge in [-0.25, -0.2) is 0 Å². The summed E-state index contributed by atoms with van der Waals surface area (Å²) >= 11 is 0. The number of amides is 1. The molecule has 1 fully saturated rings. The number of nitrogens with one attached hydrogen (secondary N) is 1. The molecule has 1 N–H and O–H groups in total. The zero-order chi connectivity index (χ0) is 16.7. The van der Waals surface area contributed by atoms with Gasteiger partial charge in [-0.15, -0.1) is 0 Å².